The van der Waals surface area contributed by atoms with Gasteiger partial charge in [0.2, 0.25) is 5.91 Å². The van der Waals surface area contributed by atoms with Crippen LogP contribution >= 0.6 is 15.9 Å². The first kappa shape index (κ1) is 16.5. The van der Waals surface area contributed by atoms with E-state index in [0.717, 1.165) is 16.5 Å². The fraction of sp³-hybridized carbons (Fsp3) is 0.562. The lowest BCUT2D eigenvalue weighted by Crippen LogP contribution is -2.56. The number of halogens is 1. The molecule has 0 saturated carbocycles. The smallest absolute Gasteiger partial charge is 0.242 e. The summed E-state index contributed by atoms with van der Waals surface area (Å²) in [5, 5.41) is 0. The predicted octanol–water partition coefficient (Wildman–Crippen LogP) is 2.87. The number of carbonyl (C=O) groups is 1. The highest BCUT2D eigenvalue weighted by molar-refractivity contribution is 9.10. The molecule has 1 aromatic carbocycles. The first-order valence-electron chi connectivity index (χ1n) is 7.39. The Balaban J connectivity index is 2.07. The molecular weight excluding hydrogens is 332 g/mol. The maximum atomic E-state index is 12.6. The molecule has 0 bridgehead atoms. The molecule has 1 heterocycles. The normalized spacial score (nSPS) is 21.9. The first-order valence-corrected chi connectivity index (χ1v) is 8.18. The summed E-state index contributed by atoms with van der Waals surface area (Å²) in [6, 6.07) is 8.03. The monoisotopic (exact) mass is 354 g/mol. The fourth-order valence-corrected chi connectivity index (χ4v) is 2.96. The first-order chi connectivity index (χ1) is 9.94. The Kier molecular flexibility index (Phi) is 5.41. The number of hydrogen-bond acceptors (Lipinski definition) is 3. The summed E-state index contributed by atoms with van der Waals surface area (Å²) in [6.45, 7) is 5.60. The van der Waals surface area contributed by atoms with Gasteiger partial charge in [-0.05, 0) is 31.0 Å². The molecule has 2 rings (SSSR count). The van der Waals surface area contributed by atoms with Crippen LogP contribution in [0.5, 0.6) is 0 Å². The second-order valence-electron chi connectivity index (χ2n) is 5.83. The highest BCUT2D eigenvalue weighted by atomic mass is 79.9. The maximum absolute atomic E-state index is 12.6. The minimum absolute atomic E-state index is 0.0229. The summed E-state index contributed by atoms with van der Waals surface area (Å²) in [4.78, 5) is 14.4. The molecule has 1 fully saturated rings. The van der Waals surface area contributed by atoms with Crippen molar-refractivity contribution in [2.45, 2.75) is 38.3 Å². The number of hydrogen-bond donors (Lipinski definition) is 1. The Morgan fingerprint density at radius 1 is 1.48 bits per heavy atom. The second-order valence-corrected chi connectivity index (χ2v) is 6.75. The van der Waals surface area contributed by atoms with Gasteiger partial charge in [0.25, 0.3) is 0 Å². The lowest BCUT2D eigenvalue weighted by molar-refractivity contribution is -0.144. The standard InChI is InChI=1S/C16H23BrN2O2/c1-3-8-16(2,18)15(20)19-9-10-21-14(11-19)12-4-6-13(17)7-5-12/h4-7,14H,3,8-11,18H2,1-2H3. The Morgan fingerprint density at radius 3 is 2.76 bits per heavy atom. The van der Waals surface area contributed by atoms with E-state index in [0.29, 0.717) is 26.1 Å². The third kappa shape index (κ3) is 4.05. The summed E-state index contributed by atoms with van der Waals surface area (Å²) in [5.41, 5.74) is 6.47. The second kappa shape index (κ2) is 6.90. The third-order valence-electron chi connectivity index (χ3n) is 3.85. The van der Waals surface area contributed by atoms with Crippen LogP contribution in [-0.4, -0.2) is 36.0 Å². The van der Waals surface area contributed by atoms with Crippen molar-refractivity contribution in [3.05, 3.63) is 34.3 Å². The van der Waals surface area contributed by atoms with Gasteiger partial charge >= 0.3 is 0 Å². The van der Waals surface area contributed by atoms with Gasteiger partial charge in [0.05, 0.1) is 18.7 Å². The molecule has 0 aromatic heterocycles. The summed E-state index contributed by atoms with van der Waals surface area (Å²) in [7, 11) is 0. The molecular formula is C16H23BrN2O2. The third-order valence-corrected chi connectivity index (χ3v) is 4.38. The number of amides is 1. The van der Waals surface area contributed by atoms with Crippen LogP contribution in [0.1, 0.15) is 38.4 Å². The largest absolute Gasteiger partial charge is 0.370 e. The van der Waals surface area contributed by atoms with E-state index in [9.17, 15) is 4.79 Å². The van der Waals surface area contributed by atoms with Crippen molar-refractivity contribution in [1.29, 1.82) is 0 Å². The molecule has 2 atom stereocenters. The van der Waals surface area contributed by atoms with Gasteiger partial charge in [0.15, 0.2) is 0 Å². The van der Waals surface area contributed by atoms with E-state index in [2.05, 4.69) is 15.9 Å². The number of nitrogens with zero attached hydrogens (tertiary/aromatic N) is 1. The zero-order valence-electron chi connectivity index (χ0n) is 12.6. The molecule has 1 aromatic rings. The lowest BCUT2D eigenvalue weighted by atomic mass is 9.95. The number of carbonyl (C=O) groups excluding carboxylic acids is 1. The molecule has 0 spiro atoms. The van der Waals surface area contributed by atoms with Crippen molar-refractivity contribution in [2.24, 2.45) is 5.73 Å². The van der Waals surface area contributed by atoms with Gasteiger partial charge < -0.3 is 15.4 Å². The zero-order chi connectivity index (χ0) is 15.5. The molecule has 1 saturated heterocycles. The van der Waals surface area contributed by atoms with Gasteiger partial charge in [-0.2, -0.15) is 0 Å². The zero-order valence-corrected chi connectivity index (χ0v) is 14.2. The number of rotatable bonds is 4. The van der Waals surface area contributed by atoms with Crippen LogP contribution in [0.25, 0.3) is 0 Å². The molecule has 21 heavy (non-hydrogen) atoms. The van der Waals surface area contributed by atoms with Gasteiger partial charge in [-0.15, -0.1) is 0 Å². The average Bonchev–Trinajstić information content (AvgIpc) is 2.47. The Labute approximate surface area is 134 Å². The highest BCUT2D eigenvalue weighted by Crippen LogP contribution is 2.25. The SMILES string of the molecule is CCCC(C)(N)C(=O)N1CCOC(c2ccc(Br)cc2)C1. The molecule has 1 aliphatic rings. The van der Waals surface area contributed by atoms with E-state index in [1.807, 2.05) is 43.0 Å². The average molecular weight is 355 g/mol. The predicted molar refractivity (Wildman–Crippen MR) is 86.9 cm³/mol. The van der Waals surface area contributed by atoms with Crippen molar-refractivity contribution in [3.63, 3.8) is 0 Å². The van der Waals surface area contributed by atoms with Gasteiger partial charge in [-0.1, -0.05) is 41.4 Å². The van der Waals surface area contributed by atoms with Crippen molar-refractivity contribution in [3.8, 4) is 0 Å². The van der Waals surface area contributed by atoms with E-state index in [-0.39, 0.29) is 12.0 Å². The number of nitrogens with two attached hydrogens (primary N) is 1. The fourth-order valence-electron chi connectivity index (χ4n) is 2.70. The summed E-state index contributed by atoms with van der Waals surface area (Å²) < 4.78 is 6.84. The van der Waals surface area contributed by atoms with Crippen LogP contribution in [0.15, 0.2) is 28.7 Å². The molecule has 2 unspecified atom stereocenters. The van der Waals surface area contributed by atoms with Crippen LogP contribution < -0.4 is 5.73 Å². The maximum Gasteiger partial charge on any atom is 0.242 e. The van der Waals surface area contributed by atoms with E-state index in [1.165, 1.54) is 0 Å². The molecule has 1 amide bonds. The Bertz CT molecular complexity index is 488. The molecule has 5 heteroatoms. The van der Waals surface area contributed by atoms with Gasteiger partial charge in [0.1, 0.15) is 6.10 Å². The summed E-state index contributed by atoms with van der Waals surface area (Å²) in [6.07, 6.45) is 1.53. The van der Waals surface area contributed by atoms with E-state index in [1.54, 1.807) is 0 Å². The van der Waals surface area contributed by atoms with Crippen molar-refractivity contribution < 1.29 is 9.53 Å². The summed E-state index contributed by atoms with van der Waals surface area (Å²) in [5.74, 6) is 0.0229. The van der Waals surface area contributed by atoms with E-state index >= 15 is 0 Å². The molecule has 0 radical (unpaired) electrons. The Morgan fingerprint density at radius 2 is 2.14 bits per heavy atom. The molecule has 116 valence electrons. The van der Waals surface area contributed by atoms with Crippen molar-refractivity contribution in [2.75, 3.05) is 19.7 Å². The van der Waals surface area contributed by atoms with Crippen LogP contribution in [0, 0.1) is 0 Å². The van der Waals surface area contributed by atoms with E-state index < -0.39 is 5.54 Å². The number of benzene rings is 1. The minimum atomic E-state index is -0.781. The Hall–Kier alpha value is -0.910. The van der Waals surface area contributed by atoms with Gasteiger partial charge in [0, 0.05) is 11.0 Å². The van der Waals surface area contributed by atoms with Crippen LogP contribution in [-0.2, 0) is 9.53 Å². The lowest BCUT2D eigenvalue weighted by Gasteiger charge is -2.37. The van der Waals surface area contributed by atoms with Crippen molar-refractivity contribution >= 4 is 21.8 Å². The van der Waals surface area contributed by atoms with Crippen LogP contribution in [0.3, 0.4) is 0 Å². The molecule has 0 aliphatic carbocycles. The topological polar surface area (TPSA) is 55.6 Å². The van der Waals surface area contributed by atoms with Gasteiger partial charge in [-0.25, -0.2) is 0 Å². The highest BCUT2D eigenvalue weighted by Gasteiger charge is 2.34. The number of ether oxygens (including phenoxy) is 1. The summed E-state index contributed by atoms with van der Waals surface area (Å²) >= 11 is 3.43. The minimum Gasteiger partial charge on any atom is -0.370 e. The van der Waals surface area contributed by atoms with Crippen molar-refractivity contribution in [1.82, 2.24) is 4.90 Å². The van der Waals surface area contributed by atoms with Gasteiger partial charge in [-0.3, -0.25) is 4.79 Å². The number of morpholine rings is 1. The molecule has 2 N–H and O–H groups in total. The quantitative estimate of drug-likeness (QED) is 0.904. The van der Waals surface area contributed by atoms with Crippen LogP contribution in [0.2, 0.25) is 0 Å². The molecule has 1 aliphatic heterocycles. The van der Waals surface area contributed by atoms with E-state index in [4.69, 9.17) is 10.5 Å². The molecule has 4 nitrogen and oxygen atoms in total. The van der Waals surface area contributed by atoms with Crippen LogP contribution in [0.4, 0.5) is 0 Å².